The molecule has 0 fully saturated rings. The van der Waals surface area contributed by atoms with E-state index in [0.29, 0.717) is 0 Å². The summed E-state index contributed by atoms with van der Waals surface area (Å²) in [5.74, 6) is 0.105. The van der Waals surface area contributed by atoms with E-state index in [4.69, 9.17) is 11.6 Å². The third kappa shape index (κ3) is 2.71. The summed E-state index contributed by atoms with van der Waals surface area (Å²) in [6, 6.07) is 1.40. The molecule has 2 aromatic rings. The number of nitrogens with zero attached hydrogens (tertiary/aromatic N) is 4. The van der Waals surface area contributed by atoms with Gasteiger partial charge in [0.05, 0.1) is 6.20 Å². The predicted molar refractivity (Wildman–Crippen MR) is 61.1 cm³/mol. The molecule has 0 aliphatic carbocycles. The Morgan fingerprint density at radius 3 is 2.82 bits per heavy atom. The Morgan fingerprint density at radius 1 is 1.47 bits per heavy atom. The van der Waals surface area contributed by atoms with Crippen molar-refractivity contribution < 1.29 is 8.42 Å². The van der Waals surface area contributed by atoms with Gasteiger partial charge in [0.25, 0.3) is 10.0 Å². The van der Waals surface area contributed by atoms with Gasteiger partial charge in [-0.3, -0.25) is 9.40 Å². The minimum Gasteiger partial charge on any atom is -0.274 e. The summed E-state index contributed by atoms with van der Waals surface area (Å²) >= 11 is 5.55. The van der Waals surface area contributed by atoms with Gasteiger partial charge in [0, 0.05) is 19.4 Å². The van der Waals surface area contributed by atoms with E-state index in [1.165, 1.54) is 29.3 Å². The number of hydrogen-bond donors (Lipinski definition) is 1. The summed E-state index contributed by atoms with van der Waals surface area (Å²) < 4.78 is 27.4. The Labute approximate surface area is 103 Å². The zero-order valence-electron chi connectivity index (χ0n) is 8.70. The van der Waals surface area contributed by atoms with Crippen molar-refractivity contribution in [3.8, 4) is 0 Å². The molecular weight excluding hydrogens is 266 g/mol. The molecule has 7 nitrogen and oxygen atoms in total. The summed E-state index contributed by atoms with van der Waals surface area (Å²) in [6.45, 7) is 0. The Kier molecular flexibility index (Phi) is 2.99. The van der Waals surface area contributed by atoms with Gasteiger partial charge in [0.1, 0.15) is 10.7 Å². The predicted octanol–water partition coefficient (Wildman–Crippen LogP) is 0.664. The first kappa shape index (κ1) is 11.8. The fourth-order valence-corrected chi connectivity index (χ4v) is 2.26. The van der Waals surface area contributed by atoms with Crippen molar-refractivity contribution in [3.05, 3.63) is 29.9 Å². The maximum atomic E-state index is 11.9. The third-order valence-corrected chi connectivity index (χ3v) is 3.35. The van der Waals surface area contributed by atoms with Gasteiger partial charge < -0.3 is 0 Å². The Hall–Kier alpha value is -1.67. The molecule has 0 radical (unpaired) electrons. The first-order chi connectivity index (χ1) is 7.97. The number of hydrogen-bond acceptors (Lipinski definition) is 5. The highest BCUT2D eigenvalue weighted by molar-refractivity contribution is 7.92. The van der Waals surface area contributed by atoms with E-state index in [1.54, 1.807) is 7.05 Å². The van der Waals surface area contributed by atoms with E-state index in [1.807, 2.05) is 0 Å². The van der Waals surface area contributed by atoms with Crippen LogP contribution in [0.4, 0.5) is 5.82 Å². The van der Waals surface area contributed by atoms with Crippen LogP contribution < -0.4 is 4.72 Å². The van der Waals surface area contributed by atoms with E-state index >= 15 is 0 Å². The van der Waals surface area contributed by atoms with Crippen LogP contribution in [0.1, 0.15) is 0 Å². The third-order valence-electron chi connectivity index (χ3n) is 1.86. The molecule has 0 aliphatic heterocycles. The molecule has 0 saturated heterocycles. The number of rotatable bonds is 3. The van der Waals surface area contributed by atoms with Crippen LogP contribution >= 0.6 is 11.6 Å². The number of aryl methyl sites for hydroxylation is 1. The Morgan fingerprint density at radius 2 is 2.24 bits per heavy atom. The number of nitrogens with one attached hydrogen (secondary N) is 1. The van der Waals surface area contributed by atoms with Crippen molar-refractivity contribution in [2.24, 2.45) is 7.05 Å². The molecule has 0 atom stereocenters. The fourth-order valence-electron chi connectivity index (χ4n) is 1.13. The van der Waals surface area contributed by atoms with Crippen LogP contribution in [-0.2, 0) is 17.1 Å². The van der Waals surface area contributed by atoms with E-state index < -0.39 is 10.0 Å². The van der Waals surface area contributed by atoms with Crippen LogP contribution in [0.5, 0.6) is 0 Å². The minimum atomic E-state index is -3.69. The summed E-state index contributed by atoms with van der Waals surface area (Å²) in [5, 5.41) is 3.75. The smallest absolute Gasteiger partial charge is 0.266 e. The van der Waals surface area contributed by atoms with Crippen LogP contribution in [0.2, 0.25) is 5.28 Å². The zero-order valence-corrected chi connectivity index (χ0v) is 10.3. The monoisotopic (exact) mass is 273 g/mol. The molecule has 17 heavy (non-hydrogen) atoms. The highest BCUT2D eigenvalue weighted by atomic mass is 35.5. The van der Waals surface area contributed by atoms with Crippen LogP contribution in [0, 0.1) is 0 Å². The number of sulfonamides is 1. The molecule has 0 amide bonds. The largest absolute Gasteiger partial charge is 0.274 e. The molecule has 0 saturated carbocycles. The number of aromatic nitrogens is 4. The Bertz CT molecular complexity index is 639. The van der Waals surface area contributed by atoms with E-state index in [9.17, 15) is 8.42 Å². The minimum absolute atomic E-state index is 0.0311. The molecular formula is C8H8ClN5O2S. The van der Waals surface area contributed by atoms with E-state index in [0.717, 1.165) is 0 Å². The summed E-state index contributed by atoms with van der Waals surface area (Å²) in [4.78, 5) is 7.43. The molecule has 1 N–H and O–H groups in total. The van der Waals surface area contributed by atoms with Crippen molar-refractivity contribution in [3.63, 3.8) is 0 Å². The quantitative estimate of drug-likeness (QED) is 0.830. The van der Waals surface area contributed by atoms with Gasteiger partial charge in [0.2, 0.25) is 5.28 Å². The van der Waals surface area contributed by atoms with Crippen molar-refractivity contribution in [1.82, 2.24) is 19.7 Å². The molecule has 0 aliphatic rings. The van der Waals surface area contributed by atoms with Crippen LogP contribution in [0.3, 0.4) is 0 Å². The van der Waals surface area contributed by atoms with Gasteiger partial charge in [0.15, 0.2) is 0 Å². The zero-order chi connectivity index (χ0) is 12.5. The lowest BCUT2D eigenvalue weighted by atomic mass is 10.6. The van der Waals surface area contributed by atoms with Gasteiger partial charge >= 0.3 is 0 Å². The molecule has 0 unspecified atom stereocenters. The van der Waals surface area contributed by atoms with Gasteiger partial charge in [-0.25, -0.2) is 13.4 Å². The first-order valence-electron chi connectivity index (χ1n) is 4.47. The van der Waals surface area contributed by atoms with Crippen molar-refractivity contribution in [2.75, 3.05) is 4.72 Å². The lowest BCUT2D eigenvalue weighted by Gasteiger charge is -2.04. The average Bonchev–Trinajstić information content (AvgIpc) is 2.65. The van der Waals surface area contributed by atoms with Gasteiger partial charge in [-0.15, -0.1) is 0 Å². The molecule has 9 heteroatoms. The van der Waals surface area contributed by atoms with E-state index in [-0.39, 0.29) is 16.0 Å². The van der Waals surface area contributed by atoms with Crippen LogP contribution in [0.25, 0.3) is 0 Å². The molecule has 2 aromatic heterocycles. The molecule has 0 bridgehead atoms. The van der Waals surface area contributed by atoms with Gasteiger partial charge in [-0.05, 0) is 17.7 Å². The van der Waals surface area contributed by atoms with Crippen molar-refractivity contribution in [1.29, 1.82) is 0 Å². The maximum absolute atomic E-state index is 11.9. The van der Waals surface area contributed by atoms with Gasteiger partial charge in [-0.1, -0.05) is 0 Å². The summed E-state index contributed by atoms with van der Waals surface area (Å²) in [5.41, 5.74) is 0. The lowest BCUT2D eigenvalue weighted by molar-refractivity contribution is 0.601. The first-order valence-corrected chi connectivity index (χ1v) is 6.33. The maximum Gasteiger partial charge on any atom is 0.266 e. The second-order valence-corrected chi connectivity index (χ2v) is 5.19. The summed E-state index contributed by atoms with van der Waals surface area (Å²) in [7, 11) is -2.07. The standard InChI is InChI=1S/C8H8ClN5O2S/c1-14-5-6(4-11-14)17(15,16)13-7-2-3-10-8(9)12-7/h2-5H,1H3,(H,10,12,13). The van der Waals surface area contributed by atoms with E-state index in [2.05, 4.69) is 19.8 Å². The topological polar surface area (TPSA) is 89.8 Å². The second kappa shape index (κ2) is 4.30. The number of halogens is 1. The lowest BCUT2D eigenvalue weighted by Crippen LogP contribution is -2.13. The fraction of sp³-hybridized carbons (Fsp3) is 0.125. The Balaban J connectivity index is 2.29. The molecule has 2 rings (SSSR count). The second-order valence-electron chi connectivity index (χ2n) is 3.17. The highest BCUT2D eigenvalue weighted by Gasteiger charge is 2.16. The highest BCUT2D eigenvalue weighted by Crippen LogP contribution is 2.13. The van der Waals surface area contributed by atoms with Gasteiger partial charge in [-0.2, -0.15) is 10.1 Å². The average molecular weight is 274 g/mol. The normalized spacial score (nSPS) is 11.4. The van der Waals surface area contributed by atoms with Crippen LogP contribution in [0.15, 0.2) is 29.6 Å². The molecule has 0 aromatic carbocycles. The summed E-state index contributed by atoms with van der Waals surface area (Å²) in [6.07, 6.45) is 3.98. The molecule has 2 heterocycles. The molecule has 0 spiro atoms. The van der Waals surface area contributed by atoms with Crippen molar-refractivity contribution in [2.45, 2.75) is 4.90 Å². The van der Waals surface area contributed by atoms with Crippen LogP contribution in [-0.4, -0.2) is 28.2 Å². The number of anilines is 1. The van der Waals surface area contributed by atoms with Crippen molar-refractivity contribution >= 4 is 27.4 Å². The molecule has 90 valence electrons. The SMILES string of the molecule is Cn1cc(S(=O)(=O)Nc2ccnc(Cl)n2)cn1.